The van der Waals surface area contributed by atoms with Crippen molar-refractivity contribution < 1.29 is 22.8 Å². The summed E-state index contributed by atoms with van der Waals surface area (Å²) < 4.78 is 38.8. The summed E-state index contributed by atoms with van der Waals surface area (Å²) in [5.41, 5.74) is 2.98. The van der Waals surface area contributed by atoms with Gasteiger partial charge in [0.05, 0.1) is 22.6 Å². The number of nitrogens with zero attached hydrogens (tertiary/aromatic N) is 2. The molecule has 2 amide bonds. The van der Waals surface area contributed by atoms with Crippen molar-refractivity contribution >= 4 is 17.5 Å². The van der Waals surface area contributed by atoms with Gasteiger partial charge >= 0.3 is 6.18 Å². The fourth-order valence-corrected chi connectivity index (χ4v) is 2.90. The van der Waals surface area contributed by atoms with Crippen molar-refractivity contribution in [2.75, 3.05) is 11.9 Å². The van der Waals surface area contributed by atoms with Gasteiger partial charge in [-0.1, -0.05) is 12.1 Å². The maximum Gasteiger partial charge on any atom is 0.405 e. The zero-order valence-electron chi connectivity index (χ0n) is 16.2. The van der Waals surface area contributed by atoms with Crippen molar-refractivity contribution in [2.24, 2.45) is 0 Å². The second-order valence-electron chi connectivity index (χ2n) is 6.68. The molecule has 2 N–H and O–H groups in total. The van der Waals surface area contributed by atoms with Gasteiger partial charge in [-0.05, 0) is 56.3 Å². The number of hydrogen-bond donors (Lipinski definition) is 2. The molecule has 0 unspecified atom stereocenters. The Balaban J connectivity index is 1.75. The van der Waals surface area contributed by atoms with E-state index in [1.165, 1.54) is 18.2 Å². The number of carbonyl (C=O) groups is 2. The number of benzene rings is 2. The first-order chi connectivity index (χ1) is 14.1. The van der Waals surface area contributed by atoms with E-state index >= 15 is 0 Å². The summed E-state index contributed by atoms with van der Waals surface area (Å²) in [4.78, 5) is 24.7. The molecule has 0 spiro atoms. The summed E-state index contributed by atoms with van der Waals surface area (Å²) in [6.07, 6.45) is -4.53. The van der Waals surface area contributed by atoms with Gasteiger partial charge in [0, 0.05) is 11.3 Å². The van der Waals surface area contributed by atoms with Gasteiger partial charge in [0.25, 0.3) is 11.8 Å². The Hall–Kier alpha value is -3.62. The first-order valence-electron chi connectivity index (χ1n) is 9.03. The van der Waals surface area contributed by atoms with Crippen LogP contribution in [0, 0.1) is 13.8 Å². The lowest BCUT2D eigenvalue weighted by Gasteiger charge is -2.13. The third-order valence-electron chi connectivity index (χ3n) is 4.25. The predicted molar refractivity (Wildman–Crippen MR) is 106 cm³/mol. The van der Waals surface area contributed by atoms with Crippen LogP contribution in [0.15, 0.2) is 54.6 Å². The van der Waals surface area contributed by atoms with E-state index in [2.05, 4.69) is 10.4 Å². The number of hydrogen-bond acceptors (Lipinski definition) is 3. The van der Waals surface area contributed by atoms with Gasteiger partial charge in [0.2, 0.25) is 0 Å². The molecule has 0 saturated carbocycles. The molecule has 0 radical (unpaired) electrons. The summed E-state index contributed by atoms with van der Waals surface area (Å²) in [6, 6.07) is 14.5. The molecule has 0 bridgehead atoms. The molecule has 2 aromatic carbocycles. The maximum atomic E-state index is 12.6. The van der Waals surface area contributed by atoms with Gasteiger partial charge in [0.15, 0.2) is 0 Å². The van der Waals surface area contributed by atoms with Crippen LogP contribution in [0.1, 0.15) is 32.1 Å². The molecule has 0 aliphatic heterocycles. The van der Waals surface area contributed by atoms with Gasteiger partial charge in [0.1, 0.15) is 6.54 Å². The summed E-state index contributed by atoms with van der Waals surface area (Å²) in [5, 5.41) is 8.76. The van der Waals surface area contributed by atoms with Gasteiger partial charge < -0.3 is 10.6 Å². The van der Waals surface area contributed by atoms with Gasteiger partial charge in [-0.15, -0.1) is 0 Å². The van der Waals surface area contributed by atoms with Crippen LogP contribution in [0.4, 0.5) is 18.9 Å². The average molecular weight is 416 g/mol. The number of nitrogens with one attached hydrogen (secondary N) is 2. The van der Waals surface area contributed by atoms with Crippen LogP contribution in [-0.4, -0.2) is 34.3 Å². The van der Waals surface area contributed by atoms with Crippen molar-refractivity contribution in [3.63, 3.8) is 0 Å². The van der Waals surface area contributed by atoms with E-state index in [9.17, 15) is 22.8 Å². The zero-order chi connectivity index (χ0) is 21.9. The first kappa shape index (κ1) is 21.1. The third kappa shape index (κ3) is 5.05. The predicted octanol–water partition coefficient (Wildman–Crippen LogP) is 4.03. The van der Waals surface area contributed by atoms with Crippen LogP contribution in [0.2, 0.25) is 0 Å². The summed E-state index contributed by atoms with van der Waals surface area (Å²) >= 11 is 0. The number of carbonyl (C=O) groups excluding carboxylic acids is 2. The quantitative estimate of drug-likeness (QED) is 0.659. The Labute approximate surface area is 170 Å². The fourth-order valence-electron chi connectivity index (χ4n) is 2.90. The molecule has 1 aromatic heterocycles. The van der Waals surface area contributed by atoms with Crippen molar-refractivity contribution in [1.29, 1.82) is 0 Å². The second-order valence-corrected chi connectivity index (χ2v) is 6.68. The number of amides is 2. The van der Waals surface area contributed by atoms with Gasteiger partial charge in [-0.2, -0.15) is 18.3 Å². The number of aromatic nitrogens is 2. The highest BCUT2D eigenvalue weighted by Gasteiger charge is 2.28. The molecule has 3 rings (SSSR count). The van der Waals surface area contributed by atoms with Crippen LogP contribution in [0.3, 0.4) is 0 Å². The number of para-hydroxylation sites is 1. The summed E-state index contributed by atoms with van der Waals surface area (Å²) in [5.74, 6) is -1.42. The number of rotatable bonds is 5. The molecule has 30 heavy (non-hydrogen) atoms. The molecule has 0 aliphatic rings. The maximum absolute atomic E-state index is 12.6. The molecule has 0 atom stereocenters. The normalized spacial score (nSPS) is 11.2. The minimum Gasteiger partial charge on any atom is -0.343 e. The Morgan fingerprint density at radius 3 is 2.27 bits per heavy atom. The average Bonchev–Trinajstić information content (AvgIpc) is 3.04. The minimum atomic E-state index is -4.53. The Morgan fingerprint density at radius 1 is 1.00 bits per heavy atom. The lowest BCUT2D eigenvalue weighted by molar-refractivity contribution is -0.123. The van der Waals surface area contributed by atoms with Gasteiger partial charge in [-0.25, -0.2) is 4.68 Å². The van der Waals surface area contributed by atoms with E-state index in [0.29, 0.717) is 5.56 Å². The van der Waals surface area contributed by atoms with E-state index in [4.69, 9.17) is 0 Å². The van der Waals surface area contributed by atoms with Crippen LogP contribution >= 0.6 is 0 Å². The Kier molecular flexibility index (Phi) is 5.91. The molecule has 0 fully saturated rings. The van der Waals surface area contributed by atoms with Crippen molar-refractivity contribution in [1.82, 2.24) is 15.1 Å². The zero-order valence-corrected chi connectivity index (χ0v) is 16.2. The lowest BCUT2D eigenvalue weighted by Crippen LogP contribution is -2.34. The number of aryl methyl sites for hydroxylation is 2. The first-order valence-corrected chi connectivity index (χ1v) is 9.03. The third-order valence-corrected chi connectivity index (χ3v) is 4.25. The highest BCUT2D eigenvalue weighted by molar-refractivity contribution is 6.09. The molecule has 3 aromatic rings. The van der Waals surface area contributed by atoms with Crippen LogP contribution in [0.5, 0.6) is 0 Å². The number of alkyl halides is 3. The molecule has 0 saturated heterocycles. The van der Waals surface area contributed by atoms with Crippen LogP contribution < -0.4 is 10.6 Å². The molecule has 156 valence electrons. The lowest BCUT2D eigenvalue weighted by atomic mass is 10.1. The topological polar surface area (TPSA) is 76.0 Å². The smallest absolute Gasteiger partial charge is 0.343 e. The Morgan fingerprint density at radius 2 is 1.67 bits per heavy atom. The standard InChI is InChI=1S/C21H19F3N4O2/c1-13-11-14(2)28(27-13)16-9-7-15(8-10-16)19(29)26-18-6-4-3-5-17(18)20(30)25-12-21(22,23)24/h3-11H,12H2,1-2H3,(H,25,30)(H,26,29). The number of halogens is 3. The molecule has 1 heterocycles. The van der Waals surface area contributed by atoms with E-state index < -0.39 is 24.5 Å². The second kappa shape index (κ2) is 8.40. The van der Waals surface area contributed by atoms with Crippen LogP contribution in [-0.2, 0) is 0 Å². The van der Waals surface area contributed by atoms with Gasteiger partial charge in [-0.3, -0.25) is 9.59 Å². The molecular weight excluding hydrogens is 397 g/mol. The minimum absolute atomic E-state index is 0.0608. The molecular formula is C21H19F3N4O2. The van der Waals surface area contributed by atoms with E-state index in [1.807, 2.05) is 19.9 Å². The van der Waals surface area contributed by atoms with Crippen molar-refractivity contribution in [3.05, 3.63) is 77.1 Å². The molecule has 9 heteroatoms. The van der Waals surface area contributed by atoms with Crippen molar-refractivity contribution in [2.45, 2.75) is 20.0 Å². The largest absolute Gasteiger partial charge is 0.405 e. The van der Waals surface area contributed by atoms with Crippen LogP contribution in [0.25, 0.3) is 5.69 Å². The monoisotopic (exact) mass is 416 g/mol. The number of anilines is 1. The Bertz CT molecular complexity index is 1070. The van der Waals surface area contributed by atoms with E-state index in [1.54, 1.807) is 40.3 Å². The highest BCUT2D eigenvalue weighted by atomic mass is 19.4. The SMILES string of the molecule is Cc1cc(C)n(-c2ccc(C(=O)Nc3ccccc3C(=O)NCC(F)(F)F)cc2)n1. The summed E-state index contributed by atoms with van der Waals surface area (Å²) in [7, 11) is 0. The molecule has 0 aliphatic carbocycles. The van der Waals surface area contributed by atoms with E-state index in [0.717, 1.165) is 17.1 Å². The van der Waals surface area contributed by atoms with E-state index in [-0.39, 0.29) is 11.3 Å². The fraction of sp³-hybridized carbons (Fsp3) is 0.190. The van der Waals surface area contributed by atoms with Crippen molar-refractivity contribution in [3.8, 4) is 5.69 Å². The highest BCUT2D eigenvalue weighted by Crippen LogP contribution is 2.19. The summed E-state index contributed by atoms with van der Waals surface area (Å²) in [6.45, 7) is 2.34. The molecule has 6 nitrogen and oxygen atoms in total.